The molecule has 0 aliphatic carbocycles. The molecular formula is CBa2Br2O6P2. The minimum Gasteiger partial charge on any atom is -0.809 e. The zero-order valence-corrected chi connectivity index (χ0v) is 19.9. The smallest absolute Gasteiger partial charge is 0.809 e. The second-order valence-corrected chi connectivity index (χ2v) is 11.1. The van der Waals surface area contributed by atoms with Gasteiger partial charge in [0, 0.05) is 0 Å². The minimum atomic E-state index is -5.54. The van der Waals surface area contributed by atoms with Crippen molar-refractivity contribution >= 4 is 145 Å². The zero-order chi connectivity index (χ0) is 9.50. The fourth-order valence-corrected chi connectivity index (χ4v) is 1.35. The number of alkyl halides is 2. The standard InChI is InChI=1S/CH4Br2O6P2.2Ba/c2-1(3,10(4,5)6)11(7,8)9;;/h(H2,4,5,6)(H2,7,8,9);;/q;2*+2/p-4. The van der Waals surface area contributed by atoms with E-state index in [0.29, 0.717) is 0 Å². The molecule has 0 aromatic heterocycles. The predicted molar refractivity (Wildman–Crippen MR) is 47.3 cm³/mol. The van der Waals surface area contributed by atoms with E-state index in [1.807, 2.05) is 31.9 Å². The Hall–Kier alpha value is 4.40. The summed E-state index contributed by atoms with van der Waals surface area (Å²) in [5.74, 6) is 0. The molecule has 0 aromatic rings. The first-order chi connectivity index (χ1) is 4.50. The van der Waals surface area contributed by atoms with Gasteiger partial charge in [0.2, 0.25) is 0 Å². The van der Waals surface area contributed by atoms with Crippen LogP contribution in [0.1, 0.15) is 0 Å². The van der Waals surface area contributed by atoms with Crippen LogP contribution in [0.25, 0.3) is 0 Å². The van der Waals surface area contributed by atoms with E-state index in [4.69, 9.17) is 0 Å². The normalized spacial score (nSPS) is 12.8. The van der Waals surface area contributed by atoms with E-state index in [2.05, 4.69) is 0 Å². The first-order valence-electron chi connectivity index (χ1n) is 1.92. The summed E-state index contributed by atoms with van der Waals surface area (Å²) in [7, 11) is -11.1. The third-order valence-electron chi connectivity index (χ3n) is 0.659. The van der Waals surface area contributed by atoms with Crippen LogP contribution in [0.3, 0.4) is 0 Å². The average molecular weight is 604 g/mol. The quantitative estimate of drug-likeness (QED) is 0.194. The molecule has 0 amide bonds. The molecule has 0 saturated carbocycles. The summed E-state index contributed by atoms with van der Waals surface area (Å²) in [4.78, 5) is 40.4. The van der Waals surface area contributed by atoms with Crippen molar-refractivity contribution in [3.63, 3.8) is 0 Å². The number of rotatable bonds is 2. The Labute approximate surface area is 172 Å². The Morgan fingerprint density at radius 1 is 0.846 bits per heavy atom. The van der Waals surface area contributed by atoms with Gasteiger partial charge in [0.05, 0.1) is 0 Å². The van der Waals surface area contributed by atoms with Crippen LogP contribution in [-0.4, -0.2) is 100 Å². The third kappa shape index (κ3) is 6.78. The van der Waals surface area contributed by atoms with Gasteiger partial charge < -0.3 is 28.7 Å². The van der Waals surface area contributed by atoms with E-state index in [1.54, 1.807) is 0 Å². The molecule has 0 heterocycles. The Morgan fingerprint density at radius 3 is 1.00 bits per heavy atom. The summed E-state index contributed by atoms with van der Waals surface area (Å²) in [6.45, 7) is 0. The number of hydrogen-bond donors (Lipinski definition) is 0. The first-order valence-corrected chi connectivity index (χ1v) is 6.59. The van der Waals surface area contributed by atoms with E-state index < -0.39 is 17.9 Å². The summed E-state index contributed by atoms with van der Waals surface area (Å²) in [5, 5.41) is 0. The first kappa shape index (κ1) is 22.6. The van der Waals surface area contributed by atoms with Gasteiger partial charge in [-0.2, -0.15) is 0 Å². The summed E-state index contributed by atoms with van der Waals surface area (Å²) < 4.78 is 17.1. The van der Waals surface area contributed by atoms with Gasteiger partial charge in [-0.3, -0.25) is 0 Å². The Morgan fingerprint density at radius 2 is 1.00 bits per heavy atom. The van der Waals surface area contributed by atoms with Gasteiger partial charge in [-0.15, -0.1) is 0 Å². The minimum absolute atomic E-state index is 0. The van der Waals surface area contributed by atoms with Crippen LogP contribution in [0.15, 0.2) is 0 Å². The van der Waals surface area contributed by atoms with Crippen molar-refractivity contribution in [3.05, 3.63) is 0 Å². The molecular weight excluding hydrogens is 604 g/mol. The average Bonchev–Trinajstić information content (AvgIpc) is 1.58. The molecule has 0 aromatic carbocycles. The fraction of sp³-hybridized carbons (Fsp3) is 1.00. The van der Waals surface area contributed by atoms with Crippen molar-refractivity contribution in [1.29, 1.82) is 0 Å². The topological polar surface area (TPSA) is 126 Å². The predicted octanol–water partition coefficient (Wildman–Crippen LogP) is -2.55. The summed E-state index contributed by atoms with van der Waals surface area (Å²) >= 11 is 3.93. The van der Waals surface area contributed by atoms with Gasteiger partial charge in [-0.1, -0.05) is 31.9 Å². The molecule has 0 fully saturated rings. The third-order valence-corrected chi connectivity index (χ3v) is 8.66. The molecule has 0 aliphatic rings. The Kier molecular flexibility index (Phi) is 13.5. The van der Waals surface area contributed by atoms with Gasteiger partial charge >= 0.3 is 97.8 Å². The maximum atomic E-state index is 10.1. The van der Waals surface area contributed by atoms with E-state index in [1.165, 1.54) is 0 Å². The Balaban J connectivity index is -0.000000500. The van der Waals surface area contributed by atoms with Crippen molar-refractivity contribution in [1.82, 2.24) is 0 Å². The van der Waals surface area contributed by atoms with E-state index in [-0.39, 0.29) is 97.8 Å². The van der Waals surface area contributed by atoms with Crippen LogP contribution in [0.2, 0.25) is 0 Å². The van der Waals surface area contributed by atoms with Crippen LogP contribution in [0, 0.1) is 0 Å². The van der Waals surface area contributed by atoms with Crippen molar-refractivity contribution in [3.8, 4) is 0 Å². The molecule has 0 saturated heterocycles. The SMILES string of the molecule is O=P([O-])([O-])C(Br)(Br)P(=O)([O-])[O-].[Ba+2].[Ba+2]. The molecule has 0 N–H and O–H groups in total. The van der Waals surface area contributed by atoms with Crippen LogP contribution in [-0.2, 0) is 9.13 Å². The maximum Gasteiger partial charge on any atom is 2.00 e. The van der Waals surface area contributed by atoms with Crippen LogP contribution in [0.4, 0.5) is 0 Å². The Bertz CT molecular complexity index is 219. The van der Waals surface area contributed by atoms with Gasteiger partial charge in [0.1, 0.15) is 2.72 Å². The fourth-order valence-electron chi connectivity index (χ4n) is 0.150. The van der Waals surface area contributed by atoms with Crippen molar-refractivity contribution in [2.24, 2.45) is 0 Å². The van der Waals surface area contributed by atoms with Crippen molar-refractivity contribution in [2.75, 3.05) is 0 Å². The summed E-state index contributed by atoms with van der Waals surface area (Å²) in [6, 6.07) is 0. The van der Waals surface area contributed by atoms with Crippen molar-refractivity contribution in [2.45, 2.75) is 2.72 Å². The maximum absolute atomic E-state index is 10.1. The largest absolute Gasteiger partial charge is 2.00 e. The van der Waals surface area contributed by atoms with E-state index in [0.717, 1.165) is 0 Å². The molecule has 0 spiro atoms. The van der Waals surface area contributed by atoms with Gasteiger partial charge in [0.25, 0.3) is 0 Å². The van der Waals surface area contributed by atoms with E-state index >= 15 is 0 Å². The molecule has 68 valence electrons. The van der Waals surface area contributed by atoms with Crippen LogP contribution >= 0.6 is 47.1 Å². The second-order valence-electron chi connectivity index (χ2n) is 1.50. The van der Waals surface area contributed by atoms with Gasteiger partial charge in [-0.05, 0) is 15.2 Å². The molecule has 0 rings (SSSR count). The van der Waals surface area contributed by atoms with Crippen molar-refractivity contribution < 1.29 is 28.7 Å². The monoisotopic (exact) mass is 604 g/mol. The van der Waals surface area contributed by atoms with Crippen LogP contribution < -0.4 is 19.6 Å². The molecule has 0 atom stereocenters. The summed E-state index contributed by atoms with van der Waals surface area (Å²) in [5.41, 5.74) is 0. The van der Waals surface area contributed by atoms with Gasteiger partial charge in [0.15, 0.2) is 0 Å². The molecule has 0 aliphatic heterocycles. The van der Waals surface area contributed by atoms with Gasteiger partial charge in [-0.25, -0.2) is 0 Å². The zero-order valence-electron chi connectivity index (χ0n) is 6.01. The number of halogens is 2. The molecule has 0 bridgehead atoms. The number of hydrogen-bond acceptors (Lipinski definition) is 6. The van der Waals surface area contributed by atoms with E-state index in [9.17, 15) is 28.7 Å². The molecule has 13 heavy (non-hydrogen) atoms. The molecule has 12 heteroatoms. The summed E-state index contributed by atoms with van der Waals surface area (Å²) in [6.07, 6.45) is 0. The second kappa shape index (κ2) is 7.75. The molecule has 0 radical (unpaired) electrons. The van der Waals surface area contributed by atoms with Crippen LogP contribution in [0.5, 0.6) is 0 Å². The molecule has 0 unspecified atom stereocenters. The molecule has 6 nitrogen and oxygen atoms in total.